The van der Waals surface area contributed by atoms with Gasteiger partial charge in [0.25, 0.3) is 0 Å². The Kier molecular flexibility index (Phi) is 9.10. The van der Waals surface area contributed by atoms with E-state index in [0.717, 1.165) is 0 Å². The third kappa shape index (κ3) is 6.77. The molecule has 0 fully saturated rings. The number of carboxylic acids is 1. The van der Waals surface area contributed by atoms with Gasteiger partial charge in [-0.3, -0.25) is 0 Å². The van der Waals surface area contributed by atoms with E-state index in [2.05, 4.69) is 6.58 Å². The molecule has 72 valence electrons. The third-order valence-corrected chi connectivity index (χ3v) is 1.02. The Morgan fingerprint density at radius 3 is 2.00 bits per heavy atom. The van der Waals surface area contributed by atoms with Crippen LogP contribution in [0.5, 0.6) is 0 Å². The van der Waals surface area contributed by atoms with Crippen molar-refractivity contribution in [3.05, 3.63) is 48.6 Å². The quantitative estimate of drug-likeness (QED) is 0.654. The van der Waals surface area contributed by atoms with Gasteiger partial charge in [-0.05, 0) is 19.1 Å². The molecule has 3 nitrogen and oxygen atoms in total. The average Bonchev–Trinajstić information content (AvgIpc) is 2.07. The Hall–Kier alpha value is -1.61. The van der Waals surface area contributed by atoms with Crippen LogP contribution in [0, 0.1) is 0 Å². The molecule has 0 unspecified atom stereocenters. The molecule has 0 aliphatic carbocycles. The predicted octanol–water partition coefficient (Wildman–Crippen LogP) is 2.74. The van der Waals surface area contributed by atoms with E-state index >= 15 is 0 Å². The summed E-state index contributed by atoms with van der Waals surface area (Å²) in [6.45, 7) is 5.25. The van der Waals surface area contributed by atoms with Crippen LogP contribution in [0.25, 0.3) is 0 Å². The Balaban J connectivity index is 0. The van der Waals surface area contributed by atoms with Crippen LogP contribution >= 0.6 is 0 Å². The lowest BCUT2D eigenvalue weighted by atomic mass is 10.2. The van der Waals surface area contributed by atoms with Crippen LogP contribution in [0.4, 0.5) is 0 Å². The van der Waals surface area contributed by atoms with E-state index in [9.17, 15) is 4.79 Å². The largest absolute Gasteiger partial charge is 0.478 e. The van der Waals surface area contributed by atoms with Gasteiger partial charge in [-0.25, -0.2) is 4.79 Å². The first-order valence-electron chi connectivity index (χ1n) is 3.57. The van der Waals surface area contributed by atoms with Gasteiger partial charge in [-0.1, -0.05) is 24.3 Å². The molecule has 0 bridgehead atoms. The molecule has 1 aromatic carbocycles. The van der Waals surface area contributed by atoms with Crippen molar-refractivity contribution < 1.29 is 9.90 Å². The maximum Gasteiger partial charge on any atom is 0.335 e. The minimum Gasteiger partial charge on any atom is -0.478 e. The van der Waals surface area contributed by atoms with Crippen molar-refractivity contribution in [3.63, 3.8) is 0 Å². The van der Waals surface area contributed by atoms with E-state index in [0.29, 0.717) is 5.56 Å². The first kappa shape index (κ1) is 13.9. The van der Waals surface area contributed by atoms with Gasteiger partial charge in [-0.15, -0.1) is 6.58 Å². The summed E-state index contributed by atoms with van der Waals surface area (Å²) >= 11 is 0. The maximum atomic E-state index is 10.2. The first-order valence-corrected chi connectivity index (χ1v) is 3.57. The topological polar surface area (TPSA) is 72.3 Å². The highest BCUT2D eigenvalue weighted by atomic mass is 16.4. The fraction of sp³-hybridized carbons (Fsp3) is 0.100. The number of aromatic carboxylic acids is 1. The standard InChI is InChI=1S/C7H6O2.C3H6.H3N/c8-7(9)6-4-2-1-3-5-6;1-3-2;/h1-5H,(H,8,9);3H,1H2,2H3;1H3. The van der Waals surface area contributed by atoms with Crippen LogP contribution in [0.2, 0.25) is 0 Å². The molecule has 1 aromatic rings. The molecule has 1 rings (SSSR count). The monoisotopic (exact) mass is 181 g/mol. The van der Waals surface area contributed by atoms with Crippen LogP contribution < -0.4 is 6.15 Å². The summed E-state index contributed by atoms with van der Waals surface area (Å²) < 4.78 is 0. The molecule has 0 spiro atoms. The summed E-state index contributed by atoms with van der Waals surface area (Å²) in [6, 6.07) is 8.30. The van der Waals surface area contributed by atoms with Gasteiger partial charge in [0.15, 0.2) is 0 Å². The number of benzene rings is 1. The van der Waals surface area contributed by atoms with Gasteiger partial charge in [-0.2, -0.15) is 0 Å². The molecule has 0 amide bonds. The molecule has 0 aliphatic rings. The summed E-state index contributed by atoms with van der Waals surface area (Å²) in [5.74, 6) is -0.879. The summed E-state index contributed by atoms with van der Waals surface area (Å²) in [5, 5.41) is 8.38. The number of hydrogen-bond donors (Lipinski definition) is 2. The number of allylic oxidation sites excluding steroid dienone is 1. The summed E-state index contributed by atoms with van der Waals surface area (Å²) in [6.07, 6.45) is 1.75. The van der Waals surface area contributed by atoms with E-state index in [1.165, 1.54) is 0 Å². The van der Waals surface area contributed by atoms with Gasteiger partial charge in [0.2, 0.25) is 0 Å². The number of hydrogen-bond acceptors (Lipinski definition) is 2. The van der Waals surface area contributed by atoms with E-state index in [-0.39, 0.29) is 6.15 Å². The minimum absolute atomic E-state index is 0. The van der Waals surface area contributed by atoms with Gasteiger partial charge >= 0.3 is 5.97 Å². The Morgan fingerprint density at radius 1 is 1.38 bits per heavy atom. The lowest BCUT2D eigenvalue weighted by Gasteiger charge is -1.88. The van der Waals surface area contributed by atoms with Crippen LogP contribution in [0.3, 0.4) is 0 Å². The second kappa shape index (κ2) is 8.49. The van der Waals surface area contributed by atoms with Crippen molar-refractivity contribution in [2.24, 2.45) is 0 Å². The van der Waals surface area contributed by atoms with Gasteiger partial charge in [0.05, 0.1) is 5.56 Å². The van der Waals surface area contributed by atoms with Crippen molar-refractivity contribution in [1.82, 2.24) is 6.15 Å². The highest BCUT2D eigenvalue weighted by Crippen LogP contribution is 1.96. The highest BCUT2D eigenvalue weighted by molar-refractivity contribution is 5.87. The number of carbonyl (C=O) groups is 1. The summed E-state index contributed by atoms with van der Waals surface area (Å²) in [7, 11) is 0. The van der Waals surface area contributed by atoms with Gasteiger partial charge < -0.3 is 11.3 Å². The number of carboxylic acid groups (broad SMARTS) is 1. The molecule has 4 N–H and O–H groups in total. The Morgan fingerprint density at radius 2 is 1.77 bits per heavy atom. The molecule has 0 heterocycles. The normalized spacial score (nSPS) is 7.15. The predicted molar refractivity (Wildman–Crippen MR) is 54.3 cm³/mol. The van der Waals surface area contributed by atoms with E-state index in [1.54, 1.807) is 36.4 Å². The lowest BCUT2D eigenvalue weighted by molar-refractivity contribution is 0.0697. The number of rotatable bonds is 1. The molecular formula is C10H15NO2. The van der Waals surface area contributed by atoms with Crippen LogP contribution in [0.15, 0.2) is 43.0 Å². The van der Waals surface area contributed by atoms with Crippen molar-refractivity contribution in [2.75, 3.05) is 0 Å². The van der Waals surface area contributed by atoms with E-state index in [1.807, 2.05) is 6.92 Å². The Bertz CT molecular complexity index is 244. The SMILES string of the molecule is C=CC.N.O=C(O)c1ccccc1. The molecular weight excluding hydrogens is 166 g/mol. The fourth-order valence-electron chi connectivity index (χ4n) is 0.581. The molecule has 0 saturated heterocycles. The minimum atomic E-state index is -0.879. The second-order valence-electron chi connectivity index (χ2n) is 2.08. The van der Waals surface area contributed by atoms with Gasteiger partial charge in [0, 0.05) is 0 Å². The van der Waals surface area contributed by atoms with E-state index < -0.39 is 5.97 Å². The van der Waals surface area contributed by atoms with Crippen molar-refractivity contribution in [2.45, 2.75) is 6.92 Å². The maximum absolute atomic E-state index is 10.2. The van der Waals surface area contributed by atoms with Crippen LogP contribution in [-0.4, -0.2) is 11.1 Å². The molecule has 3 heteroatoms. The van der Waals surface area contributed by atoms with Crippen molar-refractivity contribution in [1.29, 1.82) is 0 Å². The van der Waals surface area contributed by atoms with Crippen LogP contribution in [0.1, 0.15) is 17.3 Å². The lowest BCUT2D eigenvalue weighted by Crippen LogP contribution is -1.93. The average molecular weight is 181 g/mol. The molecule has 0 aliphatic heterocycles. The molecule has 0 radical (unpaired) electrons. The zero-order valence-corrected chi connectivity index (χ0v) is 7.73. The summed E-state index contributed by atoms with van der Waals surface area (Å²) in [4.78, 5) is 10.2. The molecule has 0 saturated carbocycles. The summed E-state index contributed by atoms with van der Waals surface area (Å²) in [5.41, 5.74) is 0.331. The van der Waals surface area contributed by atoms with Crippen LogP contribution in [-0.2, 0) is 0 Å². The fourth-order valence-corrected chi connectivity index (χ4v) is 0.581. The first-order chi connectivity index (χ1) is 5.72. The van der Waals surface area contributed by atoms with Crippen molar-refractivity contribution in [3.8, 4) is 0 Å². The molecule has 13 heavy (non-hydrogen) atoms. The highest BCUT2D eigenvalue weighted by Gasteiger charge is 1.96. The molecule has 0 aromatic heterocycles. The molecule has 0 atom stereocenters. The zero-order chi connectivity index (χ0) is 9.40. The third-order valence-electron chi connectivity index (χ3n) is 1.02. The smallest absolute Gasteiger partial charge is 0.335 e. The Labute approximate surface area is 78.3 Å². The van der Waals surface area contributed by atoms with Crippen molar-refractivity contribution >= 4 is 5.97 Å². The zero-order valence-electron chi connectivity index (χ0n) is 7.73. The van der Waals surface area contributed by atoms with Gasteiger partial charge in [0.1, 0.15) is 0 Å². The second-order valence-corrected chi connectivity index (χ2v) is 2.08. The van der Waals surface area contributed by atoms with E-state index in [4.69, 9.17) is 5.11 Å².